The van der Waals surface area contributed by atoms with Crippen molar-refractivity contribution in [3.05, 3.63) is 66.0 Å². The summed E-state index contributed by atoms with van der Waals surface area (Å²) in [4.78, 5) is 43.0. The van der Waals surface area contributed by atoms with Crippen LogP contribution in [-0.4, -0.2) is 47.6 Å². The largest absolute Gasteiger partial charge is 0.342 e. The van der Waals surface area contributed by atoms with E-state index >= 15 is 0 Å². The number of nitrogens with zero attached hydrogens (tertiary/aromatic N) is 2. The molecule has 2 atom stereocenters. The second kappa shape index (κ2) is 11.3. The first-order chi connectivity index (χ1) is 18.0. The maximum Gasteiger partial charge on any atom is 0.250 e. The minimum absolute atomic E-state index is 0.0884. The lowest BCUT2D eigenvalue weighted by molar-refractivity contribution is -0.141. The molecule has 1 saturated heterocycles. The second-order valence-corrected chi connectivity index (χ2v) is 10.8. The van der Waals surface area contributed by atoms with Gasteiger partial charge in [-0.05, 0) is 69.4 Å². The number of hydrogen-bond donors (Lipinski definition) is 0. The molecule has 2 aliphatic rings. The molecule has 1 saturated carbocycles. The molecule has 1 heterocycles. The fourth-order valence-electron chi connectivity index (χ4n) is 5.86. The fraction of sp³-hybridized carbons (Fsp3) is 0.500. The quantitative estimate of drug-likeness (QED) is 0.435. The SMILES string of the molecule is CC(=O)C1(CC(=O)N(c2ccccc2)C2CCCC(F)(F)C2)CCN(C(=O)C(C)c2ccc(F)cc2)CC1. The Balaban J connectivity index is 1.49. The number of alkyl halides is 2. The van der Waals surface area contributed by atoms with Gasteiger partial charge in [0, 0.05) is 49.5 Å². The van der Waals surface area contributed by atoms with Crippen molar-refractivity contribution in [3.8, 4) is 0 Å². The van der Waals surface area contributed by atoms with Gasteiger partial charge in [-0.25, -0.2) is 13.2 Å². The summed E-state index contributed by atoms with van der Waals surface area (Å²) in [6.07, 6.45) is 0.776. The number of anilines is 1. The van der Waals surface area contributed by atoms with Crippen LogP contribution in [0.25, 0.3) is 0 Å². The van der Waals surface area contributed by atoms with Crippen molar-refractivity contribution in [2.75, 3.05) is 18.0 Å². The lowest BCUT2D eigenvalue weighted by Crippen LogP contribution is -2.51. The third-order valence-electron chi connectivity index (χ3n) is 8.29. The van der Waals surface area contributed by atoms with Crippen LogP contribution in [0.5, 0.6) is 0 Å². The fourth-order valence-corrected chi connectivity index (χ4v) is 5.86. The second-order valence-electron chi connectivity index (χ2n) is 10.8. The van der Waals surface area contributed by atoms with Crippen LogP contribution in [0.15, 0.2) is 54.6 Å². The van der Waals surface area contributed by atoms with Gasteiger partial charge in [0.15, 0.2) is 0 Å². The van der Waals surface area contributed by atoms with Crippen LogP contribution in [0.3, 0.4) is 0 Å². The normalized spacial score (nSPS) is 21.4. The Morgan fingerprint density at radius 1 is 1.00 bits per heavy atom. The number of piperidine rings is 1. The van der Waals surface area contributed by atoms with Crippen molar-refractivity contribution in [2.24, 2.45) is 5.41 Å². The minimum Gasteiger partial charge on any atom is -0.342 e. The number of carbonyl (C=O) groups is 3. The molecule has 4 rings (SSSR count). The Hall–Kier alpha value is -3.16. The molecule has 38 heavy (non-hydrogen) atoms. The number of halogens is 3. The molecule has 2 fully saturated rings. The van der Waals surface area contributed by atoms with Gasteiger partial charge in [-0.3, -0.25) is 14.4 Å². The van der Waals surface area contributed by atoms with E-state index in [1.54, 1.807) is 54.3 Å². The highest BCUT2D eigenvalue weighted by molar-refractivity contribution is 5.98. The van der Waals surface area contributed by atoms with E-state index in [-0.39, 0.29) is 36.3 Å². The number of hydrogen-bond acceptors (Lipinski definition) is 3. The van der Waals surface area contributed by atoms with Crippen molar-refractivity contribution in [2.45, 2.75) is 76.7 Å². The molecule has 1 aliphatic heterocycles. The standard InChI is InChI=1S/C30H35F3N2O3/c1-21(23-10-12-24(31)13-11-23)28(38)34-17-15-29(16-18-34,22(2)36)20-27(37)35(25-7-4-3-5-8-25)26-9-6-14-30(32,33)19-26/h3-5,7-8,10-13,21,26H,6,9,14-20H2,1-2H3. The van der Waals surface area contributed by atoms with E-state index in [1.165, 1.54) is 24.0 Å². The zero-order chi connectivity index (χ0) is 27.5. The van der Waals surface area contributed by atoms with Gasteiger partial charge < -0.3 is 9.80 Å². The molecule has 2 amide bonds. The Bertz CT molecular complexity index is 1150. The molecule has 2 aromatic rings. The Morgan fingerprint density at radius 3 is 2.21 bits per heavy atom. The van der Waals surface area contributed by atoms with Crippen molar-refractivity contribution in [1.82, 2.24) is 4.90 Å². The van der Waals surface area contributed by atoms with Crippen LogP contribution in [0.4, 0.5) is 18.9 Å². The monoisotopic (exact) mass is 528 g/mol. The zero-order valence-corrected chi connectivity index (χ0v) is 22.0. The predicted molar refractivity (Wildman–Crippen MR) is 139 cm³/mol. The third-order valence-corrected chi connectivity index (χ3v) is 8.29. The smallest absolute Gasteiger partial charge is 0.250 e. The highest BCUT2D eigenvalue weighted by atomic mass is 19.3. The van der Waals surface area contributed by atoms with Crippen molar-refractivity contribution in [1.29, 1.82) is 0 Å². The molecule has 1 aliphatic carbocycles. The topological polar surface area (TPSA) is 57.7 Å². The van der Waals surface area contributed by atoms with E-state index < -0.39 is 29.7 Å². The molecular formula is C30H35F3N2O3. The number of benzene rings is 2. The molecule has 0 aromatic heterocycles. The van der Waals surface area contributed by atoms with Gasteiger partial charge in [0.1, 0.15) is 11.6 Å². The van der Waals surface area contributed by atoms with E-state index in [4.69, 9.17) is 0 Å². The Labute approximate surface area is 222 Å². The van der Waals surface area contributed by atoms with E-state index in [0.29, 0.717) is 50.0 Å². The maximum absolute atomic E-state index is 14.3. The summed E-state index contributed by atoms with van der Waals surface area (Å²) in [7, 11) is 0. The molecule has 0 radical (unpaired) electrons. The van der Waals surface area contributed by atoms with Crippen LogP contribution in [-0.2, 0) is 14.4 Å². The van der Waals surface area contributed by atoms with Gasteiger partial charge in [-0.15, -0.1) is 0 Å². The van der Waals surface area contributed by atoms with E-state index in [2.05, 4.69) is 0 Å². The van der Waals surface area contributed by atoms with Crippen LogP contribution in [0.2, 0.25) is 0 Å². The first kappa shape index (κ1) is 27.9. The lowest BCUT2D eigenvalue weighted by atomic mass is 9.72. The summed E-state index contributed by atoms with van der Waals surface area (Å²) in [5.41, 5.74) is 0.300. The summed E-state index contributed by atoms with van der Waals surface area (Å²) >= 11 is 0. The van der Waals surface area contributed by atoms with E-state index in [0.717, 1.165) is 0 Å². The third kappa shape index (κ3) is 6.11. The molecule has 204 valence electrons. The summed E-state index contributed by atoms with van der Waals surface area (Å²) in [5, 5.41) is 0. The van der Waals surface area contributed by atoms with Crippen molar-refractivity contribution < 1.29 is 27.6 Å². The van der Waals surface area contributed by atoms with Crippen molar-refractivity contribution >= 4 is 23.3 Å². The van der Waals surface area contributed by atoms with Gasteiger partial charge in [-0.1, -0.05) is 30.3 Å². The van der Waals surface area contributed by atoms with Gasteiger partial charge in [0.25, 0.3) is 0 Å². The van der Waals surface area contributed by atoms with E-state index in [9.17, 15) is 27.6 Å². The molecular weight excluding hydrogens is 493 g/mol. The number of likely N-dealkylation sites (tertiary alicyclic amines) is 1. The van der Waals surface area contributed by atoms with Gasteiger partial charge in [-0.2, -0.15) is 0 Å². The Morgan fingerprint density at radius 2 is 1.63 bits per heavy atom. The number of rotatable bonds is 7. The lowest BCUT2D eigenvalue weighted by Gasteiger charge is -2.43. The van der Waals surface area contributed by atoms with Crippen LogP contribution >= 0.6 is 0 Å². The van der Waals surface area contributed by atoms with Gasteiger partial charge in [0.05, 0.1) is 5.92 Å². The number of Topliss-reactive ketones (excluding diaryl/α,β-unsaturated/α-hetero) is 1. The van der Waals surface area contributed by atoms with Crippen LogP contribution in [0, 0.1) is 11.2 Å². The van der Waals surface area contributed by atoms with Crippen molar-refractivity contribution in [3.63, 3.8) is 0 Å². The molecule has 0 bridgehead atoms. The Kier molecular flexibility index (Phi) is 8.28. The zero-order valence-electron chi connectivity index (χ0n) is 22.0. The molecule has 8 heteroatoms. The summed E-state index contributed by atoms with van der Waals surface area (Å²) in [6.45, 7) is 3.85. The number of amides is 2. The molecule has 5 nitrogen and oxygen atoms in total. The number of ketones is 1. The first-order valence-corrected chi connectivity index (χ1v) is 13.3. The van der Waals surface area contributed by atoms with Crippen LogP contribution in [0.1, 0.15) is 70.3 Å². The average Bonchev–Trinajstić information content (AvgIpc) is 2.89. The molecule has 0 N–H and O–H groups in total. The average molecular weight is 529 g/mol. The maximum atomic E-state index is 14.3. The number of carbonyl (C=O) groups excluding carboxylic acids is 3. The molecule has 0 spiro atoms. The van der Waals surface area contributed by atoms with E-state index in [1.807, 2.05) is 0 Å². The summed E-state index contributed by atoms with van der Waals surface area (Å²) in [5.74, 6) is -4.26. The predicted octanol–water partition coefficient (Wildman–Crippen LogP) is 6.13. The molecule has 2 unspecified atom stereocenters. The highest BCUT2D eigenvalue weighted by Gasteiger charge is 2.45. The van der Waals surface area contributed by atoms with Gasteiger partial charge >= 0.3 is 0 Å². The highest BCUT2D eigenvalue weighted by Crippen LogP contribution is 2.41. The van der Waals surface area contributed by atoms with Crippen LogP contribution < -0.4 is 4.90 Å². The first-order valence-electron chi connectivity index (χ1n) is 13.3. The summed E-state index contributed by atoms with van der Waals surface area (Å²) in [6, 6.07) is 14.0. The minimum atomic E-state index is -2.83. The number of para-hydroxylation sites is 1. The van der Waals surface area contributed by atoms with Gasteiger partial charge in [0.2, 0.25) is 17.7 Å². The molecule has 2 aromatic carbocycles. The summed E-state index contributed by atoms with van der Waals surface area (Å²) < 4.78 is 42.0.